The molecule has 0 saturated heterocycles. The fraction of sp³-hybridized carbons (Fsp3) is 0.455. The van der Waals surface area contributed by atoms with Gasteiger partial charge in [-0.1, -0.05) is 6.92 Å². The summed E-state index contributed by atoms with van der Waals surface area (Å²) in [4.78, 5) is -0.00537. The predicted molar refractivity (Wildman–Crippen MR) is 65.6 cm³/mol. The van der Waals surface area contributed by atoms with Crippen molar-refractivity contribution in [1.29, 1.82) is 0 Å². The fourth-order valence-electron chi connectivity index (χ4n) is 1.33. The second kappa shape index (κ2) is 5.01. The van der Waals surface area contributed by atoms with E-state index in [0.29, 0.717) is 6.42 Å². The molecular weight excluding hydrogens is 243 g/mol. The SMILES string of the molecule is CCC(C)NS(=O)(=O)c1cc(C)c(F)c(N)c1. The van der Waals surface area contributed by atoms with Crippen LogP contribution in [0.3, 0.4) is 0 Å². The van der Waals surface area contributed by atoms with Crippen LogP contribution in [0.4, 0.5) is 10.1 Å². The van der Waals surface area contributed by atoms with E-state index < -0.39 is 15.8 Å². The molecule has 1 aromatic rings. The van der Waals surface area contributed by atoms with Gasteiger partial charge in [0.25, 0.3) is 0 Å². The van der Waals surface area contributed by atoms with Crippen molar-refractivity contribution in [2.24, 2.45) is 0 Å². The summed E-state index contributed by atoms with van der Waals surface area (Å²) in [5.41, 5.74) is 5.47. The van der Waals surface area contributed by atoms with Crippen LogP contribution in [0.1, 0.15) is 25.8 Å². The third-order valence-corrected chi connectivity index (χ3v) is 4.10. The number of nitrogen functional groups attached to an aromatic ring is 1. The van der Waals surface area contributed by atoms with E-state index in [1.165, 1.54) is 13.0 Å². The molecule has 0 saturated carbocycles. The molecule has 0 amide bonds. The Hall–Kier alpha value is -1.14. The molecule has 1 rings (SSSR count). The molecular formula is C11H17FN2O2S. The summed E-state index contributed by atoms with van der Waals surface area (Å²) in [5, 5.41) is 0. The minimum Gasteiger partial charge on any atom is -0.396 e. The number of aryl methyl sites for hydroxylation is 1. The summed E-state index contributed by atoms with van der Waals surface area (Å²) < 4.78 is 39.6. The Morgan fingerprint density at radius 2 is 2.06 bits per heavy atom. The maximum Gasteiger partial charge on any atom is 0.240 e. The molecule has 0 bridgehead atoms. The smallest absolute Gasteiger partial charge is 0.240 e. The van der Waals surface area contributed by atoms with Crippen LogP contribution in [-0.2, 0) is 10.0 Å². The number of anilines is 1. The van der Waals surface area contributed by atoms with Crippen LogP contribution in [0.25, 0.3) is 0 Å². The quantitative estimate of drug-likeness (QED) is 0.811. The first kappa shape index (κ1) is 13.9. The lowest BCUT2D eigenvalue weighted by Crippen LogP contribution is -2.32. The van der Waals surface area contributed by atoms with Gasteiger partial charge in [-0.05, 0) is 38.0 Å². The van der Waals surface area contributed by atoms with Gasteiger partial charge in [0, 0.05) is 6.04 Å². The highest BCUT2D eigenvalue weighted by Gasteiger charge is 2.18. The second-order valence-corrected chi connectivity index (χ2v) is 5.79. The Labute approximate surface area is 101 Å². The van der Waals surface area contributed by atoms with E-state index in [1.54, 1.807) is 6.92 Å². The number of nitrogens with two attached hydrogens (primary N) is 1. The standard InChI is InChI=1S/C11H17FN2O2S/c1-4-8(3)14-17(15,16)9-5-7(2)11(12)10(13)6-9/h5-6,8,14H,4,13H2,1-3H3. The van der Waals surface area contributed by atoms with Crippen molar-refractivity contribution in [2.45, 2.75) is 38.1 Å². The number of hydrogen-bond donors (Lipinski definition) is 2. The van der Waals surface area contributed by atoms with Gasteiger partial charge in [0.05, 0.1) is 10.6 Å². The van der Waals surface area contributed by atoms with Crippen molar-refractivity contribution in [1.82, 2.24) is 4.72 Å². The van der Waals surface area contributed by atoms with Gasteiger partial charge in [0.2, 0.25) is 10.0 Å². The Bertz CT molecular complexity index is 491. The Morgan fingerprint density at radius 3 is 2.53 bits per heavy atom. The largest absolute Gasteiger partial charge is 0.396 e. The van der Waals surface area contributed by atoms with Gasteiger partial charge in [0.15, 0.2) is 0 Å². The molecule has 0 aliphatic rings. The molecule has 0 spiro atoms. The molecule has 4 nitrogen and oxygen atoms in total. The fourth-order valence-corrected chi connectivity index (χ4v) is 2.78. The Morgan fingerprint density at radius 1 is 1.47 bits per heavy atom. The minimum atomic E-state index is -3.63. The van der Waals surface area contributed by atoms with Crippen molar-refractivity contribution in [3.05, 3.63) is 23.5 Å². The molecule has 0 aliphatic heterocycles. The van der Waals surface area contributed by atoms with Crippen LogP contribution in [0.15, 0.2) is 17.0 Å². The number of halogens is 1. The van der Waals surface area contributed by atoms with Gasteiger partial charge in [-0.25, -0.2) is 17.5 Å². The topological polar surface area (TPSA) is 72.2 Å². The number of nitrogens with one attached hydrogen (secondary N) is 1. The molecule has 1 atom stereocenters. The molecule has 96 valence electrons. The van der Waals surface area contributed by atoms with E-state index in [9.17, 15) is 12.8 Å². The molecule has 6 heteroatoms. The third-order valence-electron chi connectivity index (χ3n) is 2.54. The van der Waals surface area contributed by atoms with Crippen LogP contribution < -0.4 is 10.5 Å². The molecule has 1 aromatic carbocycles. The monoisotopic (exact) mass is 260 g/mol. The lowest BCUT2D eigenvalue weighted by molar-refractivity contribution is 0.555. The van der Waals surface area contributed by atoms with E-state index in [1.807, 2.05) is 6.92 Å². The van der Waals surface area contributed by atoms with E-state index in [0.717, 1.165) is 6.07 Å². The van der Waals surface area contributed by atoms with Gasteiger partial charge in [0.1, 0.15) is 5.82 Å². The van der Waals surface area contributed by atoms with E-state index in [2.05, 4.69) is 4.72 Å². The lowest BCUT2D eigenvalue weighted by atomic mass is 10.2. The van der Waals surface area contributed by atoms with Gasteiger partial charge >= 0.3 is 0 Å². The maximum atomic E-state index is 13.3. The normalized spacial score (nSPS) is 13.6. The number of hydrogen-bond acceptors (Lipinski definition) is 3. The zero-order chi connectivity index (χ0) is 13.2. The van der Waals surface area contributed by atoms with Crippen molar-refractivity contribution >= 4 is 15.7 Å². The summed E-state index contributed by atoms with van der Waals surface area (Å²) in [6, 6.07) is 2.23. The Balaban J connectivity index is 3.16. The molecule has 17 heavy (non-hydrogen) atoms. The average Bonchev–Trinajstić information content (AvgIpc) is 2.24. The van der Waals surface area contributed by atoms with Crippen molar-refractivity contribution in [3.8, 4) is 0 Å². The van der Waals surface area contributed by atoms with Crippen LogP contribution >= 0.6 is 0 Å². The number of rotatable bonds is 4. The maximum absolute atomic E-state index is 13.3. The van der Waals surface area contributed by atoms with Gasteiger partial charge < -0.3 is 5.73 Å². The van der Waals surface area contributed by atoms with Crippen molar-refractivity contribution in [2.75, 3.05) is 5.73 Å². The summed E-state index contributed by atoms with van der Waals surface area (Å²) in [5.74, 6) is -0.576. The van der Waals surface area contributed by atoms with Gasteiger partial charge in [-0.2, -0.15) is 0 Å². The van der Waals surface area contributed by atoms with Crippen molar-refractivity contribution < 1.29 is 12.8 Å². The minimum absolute atomic E-state index is 0.00537. The molecule has 0 radical (unpaired) electrons. The highest BCUT2D eigenvalue weighted by atomic mass is 32.2. The summed E-state index contributed by atoms with van der Waals surface area (Å²) in [6.45, 7) is 5.11. The molecule has 3 N–H and O–H groups in total. The lowest BCUT2D eigenvalue weighted by Gasteiger charge is -2.13. The van der Waals surface area contributed by atoms with Crippen LogP contribution in [0.2, 0.25) is 0 Å². The molecule has 0 heterocycles. The summed E-state index contributed by atoms with van der Waals surface area (Å²) in [6.07, 6.45) is 0.675. The summed E-state index contributed by atoms with van der Waals surface area (Å²) in [7, 11) is -3.63. The van der Waals surface area contributed by atoms with Gasteiger partial charge in [-0.3, -0.25) is 0 Å². The first-order valence-corrected chi connectivity index (χ1v) is 6.84. The predicted octanol–water partition coefficient (Wildman–Crippen LogP) is 1.79. The van der Waals surface area contributed by atoms with E-state index in [-0.39, 0.29) is 22.2 Å². The Kier molecular flexibility index (Phi) is 4.11. The second-order valence-electron chi connectivity index (χ2n) is 4.07. The summed E-state index contributed by atoms with van der Waals surface area (Å²) >= 11 is 0. The van der Waals surface area contributed by atoms with E-state index in [4.69, 9.17) is 5.73 Å². The highest BCUT2D eigenvalue weighted by Crippen LogP contribution is 2.21. The first-order chi connectivity index (χ1) is 7.77. The zero-order valence-electron chi connectivity index (χ0n) is 10.1. The van der Waals surface area contributed by atoms with Crippen molar-refractivity contribution in [3.63, 3.8) is 0 Å². The zero-order valence-corrected chi connectivity index (χ0v) is 10.9. The first-order valence-electron chi connectivity index (χ1n) is 5.36. The third kappa shape index (κ3) is 3.17. The number of sulfonamides is 1. The molecule has 0 aliphatic carbocycles. The van der Waals surface area contributed by atoms with Crippen LogP contribution in [-0.4, -0.2) is 14.5 Å². The number of benzene rings is 1. The van der Waals surface area contributed by atoms with Crippen LogP contribution in [0.5, 0.6) is 0 Å². The van der Waals surface area contributed by atoms with Crippen LogP contribution in [0, 0.1) is 12.7 Å². The molecule has 0 fully saturated rings. The molecule has 1 unspecified atom stereocenters. The average molecular weight is 260 g/mol. The highest BCUT2D eigenvalue weighted by molar-refractivity contribution is 7.89. The molecule has 0 aromatic heterocycles. The van der Waals surface area contributed by atoms with E-state index >= 15 is 0 Å². The van der Waals surface area contributed by atoms with Gasteiger partial charge in [-0.15, -0.1) is 0 Å².